The molecular formula is C17H25NO3. The van der Waals surface area contributed by atoms with Crippen molar-refractivity contribution in [3.63, 3.8) is 0 Å². The van der Waals surface area contributed by atoms with Crippen molar-refractivity contribution in [3.05, 3.63) is 35.9 Å². The molecule has 4 heteroatoms. The van der Waals surface area contributed by atoms with E-state index in [4.69, 9.17) is 4.74 Å². The van der Waals surface area contributed by atoms with E-state index in [1.165, 1.54) is 0 Å². The highest BCUT2D eigenvalue weighted by molar-refractivity contribution is 5.68. The first kappa shape index (κ1) is 15.8. The van der Waals surface area contributed by atoms with Crippen LogP contribution in [0.2, 0.25) is 0 Å². The number of hydrogen-bond donors (Lipinski definition) is 2. The SMILES string of the molecule is CC(C)(C)OC(=O)N[C@@H]1CC[C@H](O)[C@H](c2ccccc2)C1. The summed E-state index contributed by atoms with van der Waals surface area (Å²) in [5.41, 5.74) is 0.637. The van der Waals surface area contributed by atoms with Gasteiger partial charge in [0, 0.05) is 12.0 Å². The Bertz CT molecular complexity index is 467. The largest absolute Gasteiger partial charge is 0.444 e. The van der Waals surface area contributed by atoms with E-state index < -0.39 is 5.60 Å². The van der Waals surface area contributed by atoms with Crippen LogP contribution in [0.15, 0.2) is 30.3 Å². The first-order chi connectivity index (χ1) is 9.85. The van der Waals surface area contributed by atoms with Crippen molar-refractivity contribution in [2.75, 3.05) is 0 Å². The second-order valence-electron chi connectivity index (χ2n) is 6.74. The van der Waals surface area contributed by atoms with Crippen molar-refractivity contribution in [2.45, 2.75) is 63.7 Å². The molecule has 21 heavy (non-hydrogen) atoms. The van der Waals surface area contributed by atoms with Crippen molar-refractivity contribution < 1.29 is 14.6 Å². The van der Waals surface area contributed by atoms with Gasteiger partial charge in [-0.1, -0.05) is 30.3 Å². The van der Waals surface area contributed by atoms with Crippen LogP contribution >= 0.6 is 0 Å². The van der Waals surface area contributed by atoms with Gasteiger partial charge in [0.2, 0.25) is 0 Å². The second kappa shape index (κ2) is 6.48. The number of amides is 1. The minimum atomic E-state index is -0.489. The zero-order chi connectivity index (χ0) is 15.5. The molecule has 3 atom stereocenters. The maximum absolute atomic E-state index is 11.9. The van der Waals surface area contributed by atoms with Crippen LogP contribution in [-0.4, -0.2) is 28.9 Å². The lowest BCUT2D eigenvalue weighted by molar-refractivity contribution is 0.0437. The molecule has 1 fully saturated rings. The number of aliphatic hydroxyl groups excluding tert-OH is 1. The van der Waals surface area contributed by atoms with Crippen LogP contribution in [0.25, 0.3) is 0 Å². The molecule has 0 aromatic heterocycles. The van der Waals surface area contributed by atoms with E-state index in [-0.39, 0.29) is 24.2 Å². The molecule has 116 valence electrons. The fraction of sp³-hybridized carbons (Fsp3) is 0.588. The van der Waals surface area contributed by atoms with Crippen LogP contribution in [0.1, 0.15) is 51.5 Å². The molecule has 0 aliphatic heterocycles. The van der Waals surface area contributed by atoms with Crippen LogP contribution < -0.4 is 5.32 Å². The second-order valence-corrected chi connectivity index (χ2v) is 6.74. The molecule has 4 nitrogen and oxygen atoms in total. The van der Waals surface area contributed by atoms with Gasteiger partial charge in [-0.25, -0.2) is 4.79 Å². The highest BCUT2D eigenvalue weighted by Gasteiger charge is 2.31. The summed E-state index contributed by atoms with van der Waals surface area (Å²) in [6.45, 7) is 5.55. The predicted molar refractivity (Wildman–Crippen MR) is 82.2 cm³/mol. The molecule has 1 aromatic carbocycles. The lowest BCUT2D eigenvalue weighted by atomic mass is 9.79. The Morgan fingerprint density at radius 2 is 1.90 bits per heavy atom. The number of nitrogens with one attached hydrogen (secondary N) is 1. The average molecular weight is 291 g/mol. The fourth-order valence-electron chi connectivity index (χ4n) is 2.82. The third-order valence-corrected chi connectivity index (χ3v) is 3.76. The molecule has 1 aromatic rings. The van der Waals surface area contributed by atoms with Crippen molar-refractivity contribution in [1.29, 1.82) is 0 Å². The van der Waals surface area contributed by atoms with E-state index in [1.54, 1.807) is 0 Å². The van der Waals surface area contributed by atoms with Gasteiger partial charge in [-0.3, -0.25) is 0 Å². The molecule has 1 saturated carbocycles. The number of aliphatic hydroxyl groups is 1. The summed E-state index contributed by atoms with van der Waals surface area (Å²) >= 11 is 0. The van der Waals surface area contributed by atoms with Crippen molar-refractivity contribution in [1.82, 2.24) is 5.32 Å². The normalized spacial score (nSPS) is 26.2. The number of alkyl carbamates (subject to hydrolysis) is 1. The van der Waals surface area contributed by atoms with Crippen molar-refractivity contribution in [2.24, 2.45) is 0 Å². The lowest BCUT2D eigenvalue weighted by Gasteiger charge is -2.34. The van der Waals surface area contributed by atoms with Gasteiger partial charge >= 0.3 is 6.09 Å². The van der Waals surface area contributed by atoms with E-state index in [0.717, 1.165) is 18.4 Å². The Morgan fingerprint density at radius 3 is 2.52 bits per heavy atom. The van der Waals surface area contributed by atoms with Gasteiger partial charge in [0.05, 0.1) is 6.10 Å². The monoisotopic (exact) mass is 291 g/mol. The number of carbonyl (C=O) groups excluding carboxylic acids is 1. The summed E-state index contributed by atoms with van der Waals surface area (Å²) in [7, 11) is 0. The summed E-state index contributed by atoms with van der Waals surface area (Å²) < 4.78 is 5.30. The van der Waals surface area contributed by atoms with Gasteiger partial charge in [-0.15, -0.1) is 0 Å². The van der Waals surface area contributed by atoms with Gasteiger partial charge in [0.1, 0.15) is 5.60 Å². The Hall–Kier alpha value is -1.55. The summed E-state index contributed by atoms with van der Waals surface area (Å²) in [5.74, 6) is 0.0693. The van der Waals surface area contributed by atoms with Gasteiger partial charge < -0.3 is 15.2 Å². The summed E-state index contributed by atoms with van der Waals surface area (Å²) in [6.07, 6.45) is 1.49. The summed E-state index contributed by atoms with van der Waals surface area (Å²) in [4.78, 5) is 11.9. The first-order valence-corrected chi connectivity index (χ1v) is 7.57. The molecule has 0 bridgehead atoms. The molecule has 0 spiro atoms. The Morgan fingerprint density at radius 1 is 1.24 bits per heavy atom. The quantitative estimate of drug-likeness (QED) is 0.879. The Labute approximate surface area is 126 Å². The molecule has 0 unspecified atom stereocenters. The Kier molecular flexibility index (Phi) is 4.88. The zero-order valence-corrected chi connectivity index (χ0v) is 13.0. The van der Waals surface area contributed by atoms with Gasteiger partial charge in [0.25, 0.3) is 0 Å². The number of carbonyl (C=O) groups is 1. The van der Waals surface area contributed by atoms with Gasteiger partial charge in [-0.2, -0.15) is 0 Å². The average Bonchev–Trinajstić information content (AvgIpc) is 2.40. The number of benzene rings is 1. The number of rotatable bonds is 2. The maximum Gasteiger partial charge on any atom is 0.407 e. The molecule has 0 saturated heterocycles. The maximum atomic E-state index is 11.9. The van der Waals surface area contributed by atoms with Crippen molar-refractivity contribution >= 4 is 6.09 Å². The molecule has 1 aliphatic carbocycles. The van der Waals surface area contributed by atoms with Gasteiger partial charge in [-0.05, 0) is 45.6 Å². The van der Waals surface area contributed by atoms with E-state index in [9.17, 15) is 9.90 Å². The van der Waals surface area contributed by atoms with Crippen LogP contribution in [0.4, 0.5) is 4.79 Å². The van der Waals surface area contributed by atoms with Crippen LogP contribution in [0.3, 0.4) is 0 Å². The smallest absolute Gasteiger partial charge is 0.407 e. The minimum Gasteiger partial charge on any atom is -0.444 e. The van der Waals surface area contributed by atoms with E-state index in [2.05, 4.69) is 5.32 Å². The number of ether oxygens (including phenoxy) is 1. The first-order valence-electron chi connectivity index (χ1n) is 7.57. The summed E-state index contributed by atoms with van der Waals surface area (Å²) in [5, 5.41) is 13.1. The molecule has 1 aliphatic rings. The third kappa shape index (κ3) is 4.74. The third-order valence-electron chi connectivity index (χ3n) is 3.76. The molecule has 0 radical (unpaired) electrons. The molecule has 2 rings (SSSR count). The standard InChI is InChI=1S/C17H25NO3/c1-17(2,3)21-16(20)18-13-9-10-15(19)14(11-13)12-7-5-4-6-8-12/h4-8,13-15,19H,9-11H2,1-3H3,(H,18,20)/t13-,14+,15+/m1/s1. The highest BCUT2D eigenvalue weighted by Crippen LogP contribution is 2.33. The fourth-order valence-corrected chi connectivity index (χ4v) is 2.82. The lowest BCUT2D eigenvalue weighted by Crippen LogP contribution is -2.43. The topological polar surface area (TPSA) is 58.6 Å². The molecule has 1 amide bonds. The molecule has 0 heterocycles. The zero-order valence-electron chi connectivity index (χ0n) is 13.0. The molecular weight excluding hydrogens is 266 g/mol. The van der Waals surface area contributed by atoms with E-state index >= 15 is 0 Å². The van der Waals surface area contributed by atoms with E-state index in [1.807, 2.05) is 51.1 Å². The van der Waals surface area contributed by atoms with Crippen LogP contribution in [0.5, 0.6) is 0 Å². The van der Waals surface area contributed by atoms with Crippen LogP contribution in [0, 0.1) is 0 Å². The van der Waals surface area contributed by atoms with Crippen LogP contribution in [-0.2, 0) is 4.74 Å². The molecule has 2 N–H and O–H groups in total. The van der Waals surface area contributed by atoms with Gasteiger partial charge in [0.15, 0.2) is 0 Å². The minimum absolute atomic E-state index is 0.0495. The van der Waals surface area contributed by atoms with E-state index in [0.29, 0.717) is 6.42 Å². The number of hydrogen-bond acceptors (Lipinski definition) is 3. The summed E-state index contributed by atoms with van der Waals surface area (Å²) in [6, 6.07) is 10.0. The predicted octanol–water partition coefficient (Wildman–Crippen LogP) is 3.21. The Balaban J connectivity index is 1.96. The highest BCUT2D eigenvalue weighted by atomic mass is 16.6. The van der Waals surface area contributed by atoms with Crippen molar-refractivity contribution in [3.8, 4) is 0 Å².